The number of nitrogens with zero attached hydrogens (tertiary/aromatic N) is 1. The Morgan fingerprint density at radius 1 is 1.50 bits per heavy atom. The zero-order valence-corrected chi connectivity index (χ0v) is 8.02. The normalized spacial score (nSPS) is 10.8. The molecule has 0 saturated carbocycles. The SMILES string of the molecule is ClCCC=Cc1cccnc1Cl. The molecule has 0 N–H and O–H groups in total. The molecule has 0 aliphatic rings. The molecule has 1 aromatic rings. The van der Waals surface area contributed by atoms with E-state index in [0.717, 1.165) is 12.0 Å². The maximum absolute atomic E-state index is 5.81. The van der Waals surface area contributed by atoms with E-state index in [1.807, 2.05) is 24.3 Å². The number of hydrogen-bond donors (Lipinski definition) is 0. The number of pyridine rings is 1. The van der Waals surface area contributed by atoms with Crippen LogP contribution in [0.5, 0.6) is 0 Å². The van der Waals surface area contributed by atoms with E-state index >= 15 is 0 Å². The highest BCUT2D eigenvalue weighted by molar-refractivity contribution is 6.30. The van der Waals surface area contributed by atoms with Gasteiger partial charge in [0.2, 0.25) is 0 Å². The highest BCUT2D eigenvalue weighted by atomic mass is 35.5. The first-order chi connectivity index (χ1) is 5.84. The third-order valence-electron chi connectivity index (χ3n) is 1.36. The molecule has 0 spiro atoms. The third kappa shape index (κ3) is 2.84. The maximum atomic E-state index is 5.81. The summed E-state index contributed by atoms with van der Waals surface area (Å²) < 4.78 is 0. The van der Waals surface area contributed by atoms with E-state index in [9.17, 15) is 0 Å². The van der Waals surface area contributed by atoms with Crippen LogP contribution in [-0.4, -0.2) is 10.9 Å². The predicted molar refractivity (Wildman–Crippen MR) is 53.6 cm³/mol. The van der Waals surface area contributed by atoms with E-state index < -0.39 is 0 Å². The van der Waals surface area contributed by atoms with Gasteiger partial charge in [-0.3, -0.25) is 0 Å². The van der Waals surface area contributed by atoms with Crippen molar-refractivity contribution < 1.29 is 0 Å². The second kappa shape index (κ2) is 5.18. The summed E-state index contributed by atoms with van der Waals surface area (Å²) in [6.07, 6.45) is 6.43. The summed E-state index contributed by atoms with van der Waals surface area (Å²) in [5, 5.41) is 0.531. The van der Waals surface area contributed by atoms with E-state index in [1.54, 1.807) is 6.20 Å². The second-order valence-electron chi connectivity index (χ2n) is 2.26. The number of rotatable bonds is 3. The molecule has 0 amide bonds. The van der Waals surface area contributed by atoms with Crippen molar-refractivity contribution >= 4 is 29.3 Å². The van der Waals surface area contributed by atoms with Crippen molar-refractivity contribution in [3.63, 3.8) is 0 Å². The van der Waals surface area contributed by atoms with Gasteiger partial charge in [-0.15, -0.1) is 11.6 Å². The van der Waals surface area contributed by atoms with Gasteiger partial charge in [0.1, 0.15) is 5.15 Å². The first kappa shape index (κ1) is 9.56. The lowest BCUT2D eigenvalue weighted by Gasteiger charge is -1.94. The molecule has 1 rings (SSSR count). The van der Waals surface area contributed by atoms with Crippen LogP contribution in [0.1, 0.15) is 12.0 Å². The Labute approximate surface area is 82.0 Å². The van der Waals surface area contributed by atoms with Crippen molar-refractivity contribution in [3.05, 3.63) is 35.1 Å². The monoisotopic (exact) mass is 201 g/mol. The second-order valence-corrected chi connectivity index (χ2v) is 3.00. The van der Waals surface area contributed by atoms with Crippen LogP contribution in [0.2, 0.25) is 5.15 Å². The van der Waals surface area contributed by atoms with Crippen LogP contribution in [0, 0.1) is 0 Å². The third-order valence-corrected chi connectivity index (χ3v) is 1.90. The first-order valence-corrected chi connectivity index (χ1v) is 4.59. The van der Waals surface area contributed by atoms with E-state index in [1.165, 1.54) is 0 Å². The fourth-order valence-electron chi connectivity index (χ4n) is 0.796. The number of allylic oxidation sites excluding steroid dienone is 1. The van der Waals surface area contributed by atoms with Gasteiger partial charge in [0, 0.05) is 17.6 Å². The molecular formula is C9H9Cl2N. The quantitative estimate of drug-likeness (QED) is 0.540. The molecule has 0 atom stereocenters. The van der Waals surface area contributed by atoms with Gasteiger partial charge in [-0.25, -0.2) is 4.98 Å². The summed E-state index contributed by atoms with van der Waals surface area (Å²) in [5.41, 5.74) is 0.935. The van der Waals surface area contributed by atoms with E-state index in [0.29, 0.717) is 11.0 Å². The van der Waals surface area contributed by atoms with Crippen molar-refractivity contribution in [3.8, 4) is 0 Å². The summed E-state index contributed by atoms with van der Waals surface area (Å²) in [6, 6.07) is 3.77. The van der Waals surface area contributed by atoms with Gasteiger partial charge >= 0.3 is 0 Å². The van der Waals surface area contributed by atoms with Gasteiger partial charge < -0.3 is 0 Å². The van der Waals surface area contributed by atoms with Crippen molar-refractivity contribution in [2.45, 2.75) is 6.42 Å². The Bertz CT molecular complexity index is 271. The van der Waals surface area contributed by atoms with Gasteiger partial charge in [0.15, 0.2) is 0 Å². The van der Waals surface area contributed by atoms with Crippen LogP contribution < -0.4 is 0 Å². The molecule has 0 unspecified atom stereocenters. The molecule has 0 fully saturated rings. The lowest BCUT2D eigenvalue weighted by molar-refractivity contribution is 1.24. The van der Waals surface area contributed by atoms with Crippen LogP contribution in [0.4, 0.5) is 0 Å². The van der Waals surface area contributed by atoms with Gasteiger partial charge in [-0.1, -0.05) is 29.8 Å². The molecule has 0 aliphatic heterocycles. The summed E-state index contributed by atoms with van der Waals surface area (Å²) in [7, 11) is 0. The smallest absolute Gasteiger partial charge is 0.136 e. The van der Waals surface area contributed by atoms with E-state index in [-0.39, 0.29) is 0 Å². The minimum Gasteiger partial charge on any atom is -0.244 e. The molecule has 3 heteroatoms. The molecule has 0 aliphatic carbocycles. The van der Waals surface area contributed by atoms with E-state index in [4.69, 9.17) is 23.2 Å². The molecule has 12 heavy (non-hydrogen) atoms. The van der Waals surface area contributed by atoms with Crippen LogP contribution in [-0.2, 0) is 0 Å². The Balaban J connectivity index is 2.68. The topological polar surface area (TPSA) is 12.9 Å². The van der Waals surface area contributed by atoms with Crippen LogP contribution in [0.3, 0.4) is 0 Å². The van der Waals surface area contributed by atoms with Gasteiger partial charge in [-0.05, 0) is 12.5 Å². The molecule has 1 heterocycles. The van der Waals surface area contributed by atoms with Crippen LogP contribution in [0.25, 0.3) is 6.08 Å². The molecular weight excluding hydrogens is 193 g/mol. The van der Waals surface area contributed by atoms with Crippen molar-refractivity contribution in [2.75, 3.05) is 5.88 Å². The number of hydrogen-bond acceptors (Lipinski definition) is 1. The van der Waals surface area contributed by atoms with Gasteiger partial charge in [-0.2, -0.15) is 0 Å². The molecule has 0 aromatic carbocycles. The standard InChI is InChI=1S/C9H9Cl2N/c10-6-2-1-4-8-5-3-7-12-9(8)11/h1,3-5,7H,2,6H2. The summed E-state index contributed by atoms with van der Waals surface area (Å²) in [4.78, 5) is 3.94. The lowest BCUT2D eigenvalue weighted by Crippen LogP contribution is -1.78. The molecule has 0 saturated heterocycles. The summed E-state index contributed by atoms with van der Waals surface area (Å²) in [6.45, 7) is 0. The first-order valence-electron chi connectivity index (χ1n) is 3.67. The molecule has 0 radical (unpaired) electrons. The largest absolute Gasteiger partial charge is 0.244 e. The highest BCUT2D eigenvalue weighted by Crippen LogP contribution is 2.13. The minimum absolute atomic E-state index is 0.531. The van der Waals surface area contributed by atoms with Gasteiger partial charge in [0.25, 0.3) is 0 Å². The predicted octanol–water partition coefficient (Wildman–Crippen LogP) is 3.38. The summed E-state index contributed by atoms with van der Waals surface area (Å²) >= 11 is 11.3. The average molecular weight is 202 g/mol. The zero-order chi connectivity index (χ0) is 8.81. The number of halogens is 2. The fourth-order valence-corrected chi connectivity index (χ4v) is 1.10. The summed E-state index contributed by atoms with van der Waals surface area (Å²) in [5.74, 6) is 0.633. The van der Waals surface area contributed by atoms with Gasteiger partial charge in [0.05, 0.1) is 0 Å². The Morgan fingerprint density at radius 2 is 2.33 bits per heavy atom. The number of alkyl halides is 1. The van der Waals surface area contributed by atoms with Crippen molar-refractivity contribution in [2.24, 2.45) is 0 Å². The maximum Gasteiger partial charge on any atom is 0.136 e. The zero-order valence-electron chi connectivity index (χ0n) is 6.50. The molecule has 1 aromatic heterocycles. The Kier molecular flexibility index (Phi) is 4.12. The minimum atomic E-state index is 0.531. The fraction of sp³-hybridized carbons (Fsp3) is 0.222. The van der Waals surface area contributed by atoms with E-state index in [2.05, 4.69) is 4.98 Å². The molecule has 0 bridgehead atoms. The molecule has 64 valence electrons. The van der Waals surface area contributed by atoms with Crippen LogP contribution in [0.15, 0.2) is 24.4 Å². The number of aromatic nitrogens is 1. The lowest BCUT2D eigenvalue weighted by atomic mass is 10.2. The Morgan fingerprint density at radius 3 is 3.00 bits per heavy atom. The highest BCUT2D eigenvalue weighted by Gasteiger charge is 1.93. The average Bonchev–Trinajstić information content (AvgIpc) is 2.09. The van der Waals surface area contributed by atoms with Crippen LogP contribution >= 0.6 is 23.2 Å². The van der Waals surface area contributed by atoms with Crippen molar-refractivity contribution in [1.82, 2.24) is 4.98 Å². The van der Waals surface area contributed by atoms with Crippen molar-refractivity contribution in [1.29, 1.82) is 0 Å². The molecule has 1 nitrogen and oxygen atoms in total. The Hall–Kier alpha value is -0.530.